The van der Waals surface area contributed by atoms with Gasteiger partial charge in [0.1, 0.15) is 5.75 Å². The number of ether oxygens (including phenoxy) is 1. The van der Waals surface area contributed by atoms with Crippen molar-refractivity contribution in [2.75, 3.05) is 7.11 Å². The summed E-state index contributed by atoms with van der Waals surface area (Å²) in [6.45, 7) is 0.395. The molecule has 0 fully saturated rings. The van der Waals surface area contributed by atoms with Crippen LogP contribution >= 0.6 is 0 Å². The molecule has 0 unspecified atom stereocenters. The fourth-order valence-electron chi connectivity index (χ4n) is 2.44. The maximum Gasteiger partial charge on any atom is 0.417 e. The summed E-state index contributed by atoms with van der Waals surface area (Å²) < 4.78 is 10.1. The maximum atomic E-state index is 12.0. The Hall–Kier alpha value is -3.02. The Morgan fingerprint density at radius 2 is 1.92 bits per heavy atom. The highest BCUT2D eigenvalue weighted by Crippen LogP contribution is 2.13. The quantitative estimate of drug-likeness (QED) is 0.728. The van der Waals surface area contributed by atoms with E-state index in [2.05, 4.69) is 10.3 Å². The highest BCUT2D eigenvalue weighted by atomic mass is 16.5. The third-order valence-corrected chi connectivity index (χ3v) is 3.77. The number of hydrogen-bond donors (Lipinski definition) is 2. The van der Waals surface area contributed by atoms with Gasteiger partial charge >= 0.3 is 5.76 Å². The van der Waals surface area contributed by atoms with Crippen molar-refractivity contribution in [2.24, 2.45) is 0 Å². The van der Waals surface area contributed by atoms with Crippen LogP contribution in [0.15, 0.2) is 51.7 Å². The van der Waals surface area contributed by atoms with Gasteiger partial charge in [0.2, 0.25) is 5.91 Å². The number of aryl methyl sites for hydroxylation is 1. The summed E-state index contributed by atoms with van der Waals surface area (Å²) in [6, 6.07) is 13.0. The zero-order valence-corrected chi connectivity index (χ0v) is 13.3. The third-order valence-electron chi connectivity index (χ3n) is 3.77. The van der Waals surface area contributed by atoms with Gasteiger partial charge in [-0.3, -0.25) is 9.78 Å². The number of fused-ring (bicyclic) bond motifs is 1. The predicted octanol–water partition coefficient (Wildman–Crippen LogP) is 2.38. The molecule has 6 heteroatoms. The van der Waals surface area contributed by atoms with Crippen LogP contribution in [-0.2, 0) is 17.8 Å². The van der Waals surface area contributed by atoms with Crippen molar-refractivity contribution in [3.8, 4) is 5.75 Å². The lowest BCUT2D eigenvalue weighted by Gasteiger charge is -2.06. The van der Waals surface area contributed by atoms with E-state index >= 15 is 0 Å². The largest absolute Gasteiger partial charge is 0.497 e. The number of hydrogen-bond acceptors (Lipinski definition) is 4. The van der Waals surface area contributed by atoms with Crippen LogP contribution in [0.3, 0.4) is 0 Å². The van der Waals surface area contributed by atoms with E-state index in [1.807, 2.05) is 30.3 Å². The van der Waals surface area contributed by atoms with Gasteiger partial charge in [0.25, 0.3) is 0 Å². The van der Waals surface area contributed by atoms with Gasteiger partial charge in [0, 0.05) is 13.0 Å². The van der Waals surface area contributed by atoms with Crippen molar-refractivity contribution in [2.45, 2.75) is 19.4 Å². The number of rotatable bonds is 6. The van der Waals surface area contributed by atoms with Gasteiger partial charge in [0.15, 0.2) is 5.58 Å². The molecule has 1 heterocycles. The Labute approximate surface area is 138 Å². The van der Waals surface area contributed by atoms with Crippen LogP contribution in [0.5, 0.6) is 5.75 Å². The summed E-state index contributed by atoms with van der Waals surface area (Å²) in [6.07, 6.45) is 1.08. The van der Waals surface area contributed by atoms with E-state index in [4.69, 9.17) is 9.15 Å². The number of aromatic nitrogens is 1. The van der Waals surface area contributed by atoms with Crippen LogP contribution in [0.2, 0.25) is 0 Å². The standard InChI is InChI=1S/C18H18N2O4/c1-23-14-6-2-12(3-7-14)5-9-17(21)19-11-13-4-8-15-16(10-13)24-18(22)20-15/h2-4,6-8,10H,5,9,11H2,1H3,(H,19,21)(H,20,22). The number of carbonyl (C=O) groups is 1. The molecule has 0 aliphatic carbocycles. The number of benzene rings is 2. The molecule has 0 aliphatic rings. The molecule has 0 aliphatic heterocycles. The second-order valence-electron chi connectivity index (χ2n) is 5.47. The van der Waals surface area contributed by atoms with Crippen LogP contribution in [0, 0.1) is 0 Å². The Morgan fingerprint density at radius 1 is 1.17 bits per heavy atom. The summed E-state index contributed by atoms with van der Waals surface area (Å²) in [7, 11) is 1.62. The number of H-pyrrole nitrogens is 1. The molecule has 2 N–H and O–H groups in total. The van der Waals surface area contributed by atoms with E-state index in [0.29, 0.717) is 30.5 Å². The van der Waals surface area contributed by atoms with Gasteiger partial charge in [-0.2, -0.15) is 0 Å². The number of oxazole rings is 1. The second kappa shape index (κ2) is 7.04. The van der Waals surface area contributed by atoms with Crippen molar-refractivity contribution < 1.29 is 13.9 Å². The average molecular weight is 326 g/mol. The molecule has 124 valence electrons. The fraction of sp³-hybridized carbons (Fsp3) is 0.222. The second-order valence-corrected chi connectivity index (χ2v) is 5.47. The molecule has 1 amide bonds. The molecule has 0 atom stereocenters. The monoisotopic (exact) mass is 326 g/mol. The van der Waals surface area contributed by atoms with Crippen molar-refractivity contribution in [1.29, 1.82) is 0 Å². The van der Waals surface area contributed by atoms with Gasteiger partial charge in [-0.05, 0) is 41.8 Å². The fourth-order valence-corrected chi connectivity index (χ4v) is 2.44. The third kappa shape index (κ3) is 3.84. The Balaban J connectivity index is 1.51. The van der Waals surface area contributed by atoms with Gasteiger partial charge in [-0.1, -0.05) is 18.2 Å². The SMILES string of the molecule is COc1ccc(CCC(=O)NCc2ccc3[nH]c(=O)oc3c2)cc1. The molecule has 2 aromatic carbocycles. The minimum absolute atomic E-state index is 0.0264. The summed E-state index contributed by atoms with van der Waals surface area (Å²) in [4.78, 5) is 25.7. The lowest BCUT2D eigenvalue weighted by Crippen LogP contribution is -2.22. The van der Waals surface area contributed by atoms with Gasteiger partial charge in [-0.25, -0.2) is 4.79 Å². The molecule has 0 bridgehead atoms. The first-order chi connectivity index (χ1) is 11.6. The van der Waals surface area contributed by atoms with Crippen molar-refractivity contribution in [3.63, 3.8) is 0 Å². The highest BCUT2D eigenvalue weighted by Gasteiger charge is 2.05. The van der Waals surface area contributed by atoms with Gasteiger partial charge < -0.3 is 14.5 Å². The van der Waals surface area contributed by atoms with E-state index in [1.165, 1.54) is 0 Å². The molecule has 0 saturated heterocycles. The minimum atomic E-state index is -0.481. The van der Waals surface area contributed by atoms with Crippen molar-refractivity contribution >= 4 is 17.0 Å². The van der Waals surface area contributed by atoms with E-state index in [-0.39, 0.29) is 5.91 Å². The van der Waals surface area contributed by atoms with E-state index in [1.54, 1.807) is 19.2 Å². The number of carbonyl (C=O) groups excluding carboxylic acids is 1. The smallest absolute Gasteiger partial charge is 0.417 e. The minimum Gasteiger partial charge on any atom is -0.497 e. The van der Waals surface area contributed by atoms with E-state index in [0.717, 1.165) is 16.9 Å². The summed E-state index contributed by atoms with van der Waals surface area (Å²) in [5.74, 6) is 0.294. The zero-order chi connectivity index (χ0) is 16.9. The van der Waals surface area contributed by atoms with Crippen LogP contribution in [0.25, 0.3) is 11.1 Å². The average Bonchev–Trinajstić information content (AvgIpc) is 2.97. The summed E-state index contributed by atoms with van der Waals surface area (Å²) in [5.41, 5.74) is 3.10. The first-order valence-electron chi connectivity index (χ1n) is 7.65. The Kier molecular flexibility index (Phi) is 4.65. The molecular weight excluding hydrogens is 308 g/mol. The highest BCUT2D eigenvalue weighted by molar-refractivity contribution is 5.76. The van der Waals surface area contributed by atoms with E-state index in [9.17, 15) is 9.59 Å². The number of methoxy groups -OCH3 is 1. The molecule has 0 saturated carbocycles. The van der Waals surface area contributed by atoms with Crippen LogP contribution in [0.1, 0.15) is 17.5 Å². The van der Waals surface area contributed by atoms with Crippen molar-refractivity contribution in [1.82, 2.24) is 10.3 Å². The molecule has 0 radical (unpaired) electrons. The molecule has 1 aromatic heterocycles. The van der Waals surface area contributed by atoms with Crippen LogP contribution in [0.4, 0.5) is 0 Å². The lowest BCUT2D eigenvalue weighted by atomic mass is 10.1. The molecule has 6 nitrogen and oxygen atoms in total. The molecule has 0 spiro atoms. The number of amides is 1. The van der Waals surface area contributed by atoms with Crippen LogP contribution < -0.4 is 15.8 Å². The van der Waals surface area contributed by atoms with Gasteiger partial charge in [0.05, 0.1) is 12.6 Å². The number of nitrogens with one attached hydrogen (secondary N) is 2. The lowest BCUT2D eigenvalue weighted by molar-refractivity contribution is -0.121. The maximum absolute atomic E-state index is 12.0. The molecule has 3 rings (SSSR count). The summed E-state index contributed by atoms with van der Waals surface area (Å²) in [5, 5.41) is 2.87. The zero-order valence-electron chi connectivity index (χ0n) is 13.3. The first-order valence-corrected chi connectivity index (χ1v) is 7.65. The Morgan fingerprint density at radius 3 is 2.67 bits per heavy atom. The normalized spacial score (nSPS) is 10.7. The predicted molar refractivity (Wildman–Crippen MR) is 90.0 cm³/mol. The summed E-state index contributed by atoms with van der Waals surface area (Å²) >= 11 is 0. The van der Waals surface area contributed by atoms with Gasteiger partial charge in [-0.15, -0.1) is 0 Å². The van der Waals surface area contributed by atoms with Crippen LogP contribution in [-0.4, -0.2) is 18.0 Å². The molecule has 3 aromatic rings. The Bertz CT molecular complexity index is 893. The van der Waals surface area contributed by atoms with E-state index < -0.39 is 5.76 Å². The van der Waals surface area contributed by atoms with Crippen molar-refractivity contribution in [3.05, 3.63) is 64.1 Å². The topological polar surface area (TPSA) is 84.3 Å². The molecule has 24 heavy (non-hydrogen) atoms. The molecular formula is C18H18N2O4. The number of aromatic amines is 1. The first kappa shape index (κ1) is 15.9.